The largest absolute Gasteiger partial charge is 0.381 e. The molecule has 1 amide bonds. The van der Waals surface area contributed by atoms with Crippen LogP contribution in [0.15, 0.2) is 0 Å². The van der Waals surface area contributed by atoms with Crippen molar-refractivity contribution < 1.29 is 9.53 Å². The molecule has 0 aromatic heterocycles. The lowest BCUT2D eigenvalue weighted by atomic mass is 10.0. The van der Waals surface area contributed by atoms with Gasteiger partial charge >= 0.3 is 0 Å². The molecule has 2 fully saturated rings. The van der Waals surface area contributed by atoms with Gasteiger partial charge in [-0.2, -0.15) is 0 Å². The number of hydrogen-bond acceptors (Lipinski definition) is 3. The minimum atomic E-state index is 0.0466. The molecule has 0 aromatic rings. The van der Waals surface area contributed by atoms with E-state index in [0.29, 0.717) is 6.04 Å². The van der Waals surface area contributed by atoms with Crippen molar-refractivity contribution in [3.63, 3.8) is 0 Å². The van der Waals surface area contributed by atoms with E-state index in [1.807, 2.05) is 11.9 Å². The van der Waals surface area contributed by atoms with E-state index in [-0.39, 0.29) is 11.9 Å². The zero-order valence-electron chi connectivity index (χ0n) is 10.8. The van der Waals surface area contributed by atoms with Crippen LogP contribution in [0.25, 0.3) is 0 Å². The topological polar surface area (TPSA) is 41.6 Å². The molecule has 2 aliphatic rings. The van der Waals surface area contributed by atoms with Gasteiger partial charge in [-0.05, 0) is 32.2 Å². The molecule has 1 N–H and O–H groups in total. The zero-order chi connectivity index (χ0) is 12.1. The van der Waals surface area contributed by atoms with Crippen molar-refractivity contribution in [2.75, 3.05) is 26.8 Å². The number of likely N-dealkylation sites (N-methyl/N-ethyl adjacent to an activating group) is 1. The first kappa shape index (κ1) is 12.8. The predicted molar refractivity (Wildman–Crippen MR) is 66.9 cm³/mol. The van der Waals surface area contributed by atoms with Gasteiger partial charge in [0.05, 0.1) is 6.04 Å². The third-order valence-electron chi connectivity index (χ3n) is 3.94. The Morgan fingerprint density at radius 1 is 1.18 bits per heavy atom. The van der Waals surface area contributed by atoms with Crippen molar-refractivity contribution in [1.29, 1.82) is 0 Å². The Hall–Kier alpha value is -0.610. The van der Waals surface area contributed by atoms with E-state index in [2.05, 4.69) is 5.32 Å². The van der Waals surface area contributed by atoms with Gasteiger partial charge in [0.1, 0.15) is 0 Å². The first-order valence-electron chi connectivity index (χ1n) is 6.87. The molecule has 1 atom stereocenters. The fraction of sp³-hybridized carbons (Fsp3) is 0.923. The molecular weight excluding hydrogens is 216 g/mol. The number of rotatable bonds is 2. The van der Waals surface area contributed by atoms with Crippen molar-refractivity contribution >= 4 is 5.91 Å². The molecule has 2 rings (SSSR count). The Morgan fingerprint density at radius 3 is 2.71 bits per heavy atom. The Labute approximate surface area is 104 Å². The zero-order valence-corrected chi connectivity index (χ0v) is 10.8. The molecule has 17 heavy (non-hydrogen) atoms. The lowest BCUT2D eigenvalue weighted by Crippen LogP contribution is -2.49. The monoisotopic (exact) mass is 240 g/mol. The average Bonchev–Trinajstić information content (AvgIpc) is 2.67. The van der Waals surface area contributed by atoms with Crippen LogP contribution in [0.5, 0.6) is 0 Å². The quantitative estimate of drug-likeness (QED) is 0.787. The highest BCUT2D eigenvalue weighted by Crippen LogP contribution is 2.16. The first-order chi connectivity index (χ1) is 8.29. The number of hydrogen-bond donors (Lipinski definition) is 1. The molecule has 2 heterocycles. The Bertz CT molecular complexity index is 244. The van der Waals surface area contributed by atoms with Crippen LogP contribution in [0.1, 0.15) is 38.5 Å². The third kappa shape index (κ3) is 3.42. The summed E-state index contributed by atoms with van der Waals surface area (Å²) < 4.78 is 5.34. The number of carbonyl (C=O) groups is 1. The molecule has 0 saturated carbocycles. The molecule has 98 valence electrons. The molecule has 4 heteroatoms. The summed E-state index contributed by atoms with van der Waals surface area (Å²) in [4.78, 5) is 14.3. The Morgan fingerprint density at radius 2 is 1.94 bits per heavy atom. The number of carbonyl (C=O) groups excluding carboxylic acids is 1. The fourth-order valence-electron chi connectivity index (χ4n) is 2.74. The van der Waals surface area contributed by atoms with Crippen molar-refractivity contribution in [3.05, 3.63) is 0 Å². The van der Waals surface area contributed by atoms with E-state index < -0.39 is 0 Å². The standard InChI is InChI=1S/C13H24N2O2/c1-15(11-6-9-17-10-7-11)13(16)12-5-3-2-4-8-14-12/h11-12,14H,2-10H2,1H3. The summed E-state index contributed by atoms with van der Waals surface area (Å²) in [5, 5.41) is 3.38. The third-order valence-corrected chi connectivity index (χ3v) is 3.94. The maximum atomic E-state index is 12.4. The summed E-state index contributed by atoms with van der Waals surface area (Å²) >= 11 is 0. The summed E-state index contributed by atoms with van der Waals surface area (Å²) in [5.41, 5.74) is 0. The highest BCUT2D eigenvalue weighted by molar-refractivity contribution is 5.82. The lowest BCUT2D eigenvalue weighted by Gasteiger charge is -2.33. The minimum Gasteiger partial charge on any atom is -0.381 e. The van der Waals surface area contributed by atoms with Gasteiger partial charge in [0, 0.05) is 26.3 Å². The molecule has 0 bridgehead atoms. The van der Waals surface area contributed by atoms with Crippen LogP contribution in [0.2, 0.25) is 0 Å². The molecule has 0 radical (unpaired) electrons. The van der Waals surface area contributed by atoms with Crippen LogP contribution < -0.4 is 5.32 Å². The minimum absolute atomic E-state index is 0.0466. The van der Waals surface area contributed by atoms with Crippen LogP contribution in [0, 0.1) is 0 Å². The molecule has 1 unspecified atom stereocenters. The normalized spacial score (nSPS) is 27.5. The maximum Gasteiger partial charge on any atom is 0.239 e. The number of amides is 1. The van der Waals surface area contributed by atoms with Gasteiger partial charge in [-0.3, -0.25) is 4.79 Å². The van der Waals surface area contributed by atoms with E-state index in [9.17, 15) is 4.79 Å². The summed E-state index contributed by atoms with van der Waals surface area (Å²) in [6, 6.07) is 0.423. The summed E-state index contributed by atoms with van der Waals surface area (Å²) in [6.45, 7) is 2.57. The lowest BCUT2D eigenvalue weighted by molar-refractivity contribution is -0.136. The van der Waals surface area contributed by atoms with Gasteiger partial charge in [-0.15, -0.1) is 0 Å². The van der Waals surface area contributed by atoms with Crippen LogP contribution in [-0.4, -0.2) is 49.7 Å². The van der Waals surface area contributed by atoms with Crippen LogP contribution in [-0.2, 0) is 9.53 Å². The van der Waals surface area contributed by atoms with Crippen molar-refractivity contribution in [2.24, 2.45) is 0 Å². The van der Waals surface area contributed by atoms with E-state index in [1.54, 1.807) is 0 Å². The van der Waals surface area contributed by atoms with Gasteiger partial charge in [0.25, 0.3) is 0 Å². The van der Waals surface area contributed by atoms with Crippen molar-refractivity contribution in [1.82, 2.24) is 10.2 Å². The van der Waals surface area contributed by atoms with E-state index in [1.165, 1.54) is 19.3 Å². The van der Waals surface area contributed by atoms with E-state index in [0.717, 1.165) is 39.0 Å². The van der Waals surface area contributed by atoms with Crippen LogP contribution in [0.4, 0.5) is 0 Å². The van der Waals surface area contributed by atoms with Crippen molar-refractivity contribution in [2.45, 2.75) is 50.6 Å². The second kappa shape index (κ2) is 6.36. The van der Waals surface area contributed by atoms with Gasteiger partial charge in [-0.1, -0.05) is 12.8 Å². The number of nitrogens with zero attached hydrogens (tertiary/aromatic N) is 1. The summed E-state index contributed by atoms with van der Waals surface area (Å²) in [5.74, 6) is 0.277. The molecule has 2 saturated heterocycles. The molecule has 4 nitrogen and oxygen atoms in total. The summed E-state index contributed by atoms with van der Waals surface area (Å²) in [6.07, 6.45) is 6.57. The Balaban J connectivity index is 1.88. The van der Waals surface area contributed by atoms with Gasteiger partial charge in [0.15, 0.2) is 0 Å². The molecule has 2 aliphatic heterocycles. The predicted octanol–water partition coefficient (Wildman–Crippen LogP) is 1.16. The van der Waals surface area contributed by atoms with Crippen molar-refractivity contribution in [3.8, 4) is 0 Å². The van der Waals surface area contributed by atoms with E-state index in [4.69, 9.17) is 4.74 Å². The second-order valence-electron chi connectivity index (χ2n) is 5.15. The number of ether oxygens (including phenoxy) is 1. The molecule has 0 spiro atoms. The Kier molecular flexibility index (Phi) is 4.80. The van der Waals surface area contributed by atoms with Crippen LogP contribution >= 0.6 is 0 Å². The first-order valence-corrected chi connectivity index (χ1v) is 6.87. The highest BCUT2D eigenvalue weighted by atomic mass is 16.5. The number of nitrogens with one attached hydrogen (secondary N) is 1. The average molecular weight is 240 g/mol. The summed E-state index contributed by atoms with van der Waals surface area (Å²) in [7, 11) is 1.95. The van der Waals surface area contributed by atoms with Crippen LogP contribution in [0.3, 0.4) is 0 Å². The fourth-order valence-corrected chi connectivity index (χ4v) is 2.74. The van der Waals surface area contributed by atoms with Gasteiger partial charge < -0.3 is 15.0 Å². The molecule has 0 aliphatic carbocycles. The molecule has 0 aromatic carbocycles. The van der Waals surface area contributed by atoms with E-state index >= 15 is 0 Å². The smallest absolute Gasteiger partial charge is 0.239 e. The van der Waals surface area contributed by atoms with Gasteiger partial charge in [-0.25, -0.2) is 0 Å². The molecular formula is C13H24N2O2. The van der Waals surface area contributed by atoms with Gasteiger partial charge in [0.2, 0.25) is 5.91 Å². The second-order valence-corrected chi connectivity index (χ2v) is 5.15. The maximum absolute atomic E-state index is 12.4. The highest BCUT2D eigenvalue weighted by Gasteiger charge is 2.28. The SMILES string of the molecule is CN(C(=O)C1CCCCCN1)C1CCOCC1.